The molecule has 0 saturated heterocycles. The van der Waals surface area contributed by atoms with Gasteiger partial charge in [0.1, 0.15) is 0 Å². The van der Waals surface area contributed by atoms with Gasteiger partial charge in [0.2, 0.25) is 0 Å². The van der Waals surface area contributed by atoms with E-state index in [0.29, 0.717) is 24.2 Å². The lowest BCUT2D eigenvalue weighted by Crippen LogP contribution is -2.61. The maximum Gasteiger partial charge on any atom is 0.400 e. The molecular weight excluding hydrogens is 243 g/mol. The smallest absolute Gasteiger partial charge is 0.313 e. The summed E-state index contributed by atoms with van der Waals surface area (Å²) in [6.45, 7) is 21.9. The Kier molecular flexibility index (Phi) is 8.93. The van der Waals surface area contributed by atoms with Crippen molar-refractivity contribution in [1.29, 1.82) is 0 Å². The van der Waals surface area contributed by atoms with Crippen molar-refractivity contribution in [3.05, 3.63) is 12.7 Å². The molecule has 0 aliphatic carbocycles. The van der Waals surface area contributed by atoms with Crippen LogP contribution in [-0.4, -0.2) is 40.8 Å². The molecule has 0 unspecified atom stereocenters. The first-order valence-electron chi connectivity index (χ1n) is 7.88. The molecule has 0 rings (SSSR count). The molecule has 0 fully saturated rings. The topological polar surface area (TPSA) is 6.48 Å². The number of allylic oxidation sites excluding steroid dienone is 1. The van der Waals surface area contributed by atoms with Gasteiger partial charge in [0, 0.05) is 6.42 Å². The van der Waals surface area contributed by atoms with Gasteiger partial charge in [0.05, 0.1) is 0 Å². The van der Waals surface area contributed by atoms with Gasteiger partial charge in [-0.25, -0.2) is 0 Å². The Morgan fingerprint density at radius 3 is 1.45 bits per heavy atom. The van der Waals surface area contributed by atoms with Crippen LogP contribution in [0.2, 0.25) is 0 Å². The minimum atomic E-state index is 0.162. The van der Waals surface area contributed by atoms with Crippen LogP contribution in [0.25, 0.3) is 0 Å². The third-order valence-electron chi connectivity index (χ3n) is 3.43. The van der Waals surface area contributed by atoms with E-state index in [1.165, 1.54) is 0 Å². The first-order valence-corrected chi connectivity index (χ1v) is 7.88. The molecule has 0 aliphatic rings. The van der Waals surface area contributed by atoms with E-state index in [1.54, 1.807) is 0 Å². The lowest BCUT2D eigenvalue weighted by Gasteiger charge is -2.42. The van der Waals surface area contributed by atoms with Crippen molar-refractivity contribution in [3.63, 3.8) is 0 Å². The third-order valence-corrected chi connectivity index (χ3v) is 3.43. The monoisotopic (exact) mass is 276 g/mol. The van der Waals surface area contributed by atoms with Crippen molar-refractivity contribution < 1.29 is 0 Å². The second kappa shape index (κ2) is 9.26. The maximum absolute atomic E-state index is 3.76. The zero-order valence-corrected chi connectivity index (χ0v) is 14.8. The minimum Gasteiger partial charge on any atom is -0.313 e. The largest absolute Gasteiger partial charge is 0.400 e. The first kappa shape index (κ1) is 19.3. The molecule has 0 heterocycles. The molecule has 0 radical (unpaired) electrons. The van der Waals surface area contributed by atoms with Crippen LogP contribution < -0.4 is 0 Å². The highest BCUT2D eigenvalue weighted by Crippen LogP contribution is 2.16. The fourth-order valence-electron chi connectivity index (χ4n) is 2.85. The van der Waals surface area contributed by atoms with Crippen LogP contribution in [0.1, 0.15) is 61.8 Å². The van der Waals surface area contributed by atoms with Gasteiger partial charge >= 0.3 is 6.98 Å². The van der Waals surface area contributed by atoms with Crippen LogP contribution in [0.3, 0.4) is 0 Å². The molecule has 0 saturated carbocycles. The molecule has 114 valence electrons. The Morgan fingerprint density at radius 1 is 0.850 bits per heavy atom. The number of nitrogens with zero attached hydrogens (tertiary/aromatic N) is 2. The van der Waals surface area contributed by atoms with Crippen LogP contribution in [0.4, 0.5) is 0 Å². The van der Waals surface area contributed by atoms with Crippen LogP contribution in [0.5, 0.6) is 0 Å². The molecule has 0 spiro atoms. The first-order chi connectivity index (χ1) is 9.23. The second-order valence-electron chi connectivity index (χ2n) is 6.46. The molecule has 0 amide bonds. The van der Waals surface area contributed by atoms with Crippen LogP contribution in [0, 0.1) is 11.7 Å². The normalized spacial score (nSPS) is 11.7. The number of hydrogen-bond acceptors (Lipinski definition) is 2. The summed E-state index contributed by atoms with van der Waals surface area (Å²) in [5.41, 5.74) is 0. The zero-order valence-electron chi connectivity index (χ0n) is 14.8. The SMILES string of the molecule is C=CCC#CB(N(C(C)C)C(C)C)N(C(C)C)C(C)C. The van der Waals surface area contributed by atoms with Gasteiger partial charge < -0.3 is 9.62 Å². The van der Waals surface area contributed by atoms with Crippen LogP contribution in [0.15, 0.2) is 12.7 Å². The molecule has 20 heavy (non-hydrogen) atoms. The van der Waals surface area contributed by atoms with Gasteiger partial charge in [-0.3, -0.25) is 0 Å². The fraction of sp³-hybridized carbons (Fsp3) is 0.765. The Balaban J connectivity index is 5.55. The summed E-state index contributed by atoms with van der Waals surface area (Å²) >= 11 is 0. The molecular formula is C17H33BN2. The fourth-order valence-corrected chi connectivity index (χ4v) is 2.85. The van der Waals surface area contributed by atoms with Gasteiger partial charge in [-0.05, 0) is 24.2 Å². The third kappa shape index (κ3) is 5.73. The van der Waals surface area contributed by atoms with Gasteiger partial charge in [0.25, 0.3) is 0 Å². The van der Waals surface area contributed by atoms with Crippen molar-refractivity contribution >= 4 is 6.98 Å². The van der Waals surface area contributed by atoms with E-state index in [4.69, 9.17) is 0 Å². The minimum absolute atomic E-state index is 0.162. The van der Waals surface area contributed by atoms with E-state index in [2.05, 4.69) is 83.3 Å². The van der Waals surface area contributed by atoms with Gasteiger partial charge in [-0.1, -0.05) is 61.5 Å². The summed E-state index contributed by atoms with van der Waals surface area (Å²) in [6, 6.07) is 1.88. The molecule has 0 aliphatic heterocycles. The summed E-state index contributed by atoms with van der Waals surface area (Å²) in [4.78, 5) is 4.99. The van der Waals surface area contributed by atoms with Gasteiger partial charge in [-0.2, -0.15) is 0 Å². The summed E-state index contributed by atoms with van der Waals surface area (Å²) < 4.78 is 0. The number of rotatable bonds is 7. The quantitative estimate of drug-likeness (QED) is 0.396. The van der Waals surface area contributed by atoms with Crippen molar-refractivity contribution in [3.8, 4) is 11.7 Å². The lowest BCUT2D eigenvalue weighted by atomic mass is 9.68. The number of hydrogen-bond donors (Lipinski definition) is 0. The Bertz CT molecular complexity index is 301. The van der Waals surface area contributed by atoms with E-state index in [-0.39, 0.29) is 6.98 Å². The van der Waals surface area contributed by atoms with Crippen LogP contribution >= 0.6 is 0 Å². The second-order valence-corrected chi connectivity index (χ2v) is 6.46. The van der Waals surface area contributed by atoms with Crippen molar-refractivity contribution in [1.82, 2.24) is 9.62 Å². The Hall–Kier alpha value is -0.715. The molecule has 3 heteroatoms. The van der Waals surface area contributed by atoms with Crippen LogP contribution in [-0.2, 0) is 0 Å². The van der Waals surface area contributed by atoms with Crippen molar-refractivity contribution in [2.24, 2.45) is 0 Å². The molecule has 0 N–H and O–H groups in total. The Morgan fingerprint density at radius 2 is 1.20 bits per heavy atom. The molecule has 0 aromatic heterocycles. The van der Waals surface area contributed by atoms with E-state index >= 15 is 0 Å². The van der Waals surface area contributed by atoms with Gasteiger partial charge in [0.15, 0.2) is 0 Å². The predicted octanol–water partition coefficient (Wildman–Crippen LogP) is 3.83. The summed E-state index contributed by atoms with van der Waals surface area (Å²) in [5, 5.41) is 0. The highest BCUT2D eigenvalue weighted by molar-refractivity contribution is 6.62. The average molecular weight is 276 g/mol. The summed E-state index contributed by atoms with van der Waals surface area (Å²) in [5.74, 6) is 6.74. The Labute approximate surface area is 127 Å². The lowest BCUT2D eigenvalue weighted by molar-refractivity contribution is 0.229. The maximum atomic E-state index is 3.76. The van der Waals surface area contributed by atoms with Crippen molar-refractivity contribution in [2.45, 2.75) is 86.0 Å². The molecule has 0 aromatic rings. The average Bonchev–Trinajstić information content (AvgIpc) is 2.26. The zero-order chi connectivity index (χ0) is 15.9. The molecule has 2 nitrogen and oxygen atoms in total. The highest BCUT2D eigenvalue weighted by atomic mass is 15.3. The summed E-state index contributed by atoms with van der Waals surface area (Å²) in [6.07, 6.45) is 2.62. The molecule has 0 atom stereocenters. The predicted molar refractivity (Wildman–Crippen MR) is 92.6 cm³/mol. The van der Waals surface area contributed by atoms with E-state index in [9.17, 15) is 0 Å². The molecule has 0 aromatic carbocycles. The van der Waals surface area contributed by atoms with E-state index in [1.807, 2.05) is 6.08 Å². The van der Waals surface area contributed by atoms with E-state index in [0.717, 1.165) is 6.42 Å². The highest BCUT2D eigenvalue weighted by Gasteiger charge is 2.35. The van der Waals surface area contributed by atoms with Gasteiger partial charge in [-0.15, -0.1) is 18.3 Å². The molecule has 0 bridgehead atoms. The summed E-state index contributed by atoms with van der Waals surface area (Å²) in [7, 11) is 0. The standard InChI is InChI=1S/C17H33BN2/c1-10-11-12-13-18(19(14(2)3)15(4)5)20(16(6)7)17(8)9/h10,14-17H,1,11H2,2-9H3. The van der Waals surface area contributed by atoms with Crippen molar-refractivity contribution in [2.75, 3.05) is 0 Å². The van der Waals surface area contributed by atoms with E-state index < -0.39 is 0 Å².